The van der Waals surface area contributed by atoms with Crippen LogP contribution in [-0.4, -0.2) is 5.91 Å². The van der Waals surface area contributed by atoms with Crippen molar-refractivity contribution in [1.29, 1.82) is 0 Å². The van der Waals surface area contributed by atoms with Crippen molar-refractivity contribution in [3.63, 3.8) is 0 Å². The summed E-state index contributed by atoms with van der Waals surface area (Å²) >= 11 is 5.77. The molecule has 2 N–H and O–H groups in total. The topological polar surface area (TPSA) is 41.1 Å². The van der Waals surface area contributed by atoms with E-state index in [2.05, 4.69) is 31.1 Å². The number of carbonyl (C=O) groups excluding carboxylic acids is 1. The van der Waals surface area contributed by atoms with E-state index in [-0.39, 0.29) is 11.4 Å². The molecule has 0 aliphatic heterocycles. The van der Waals surface area contributed by atoms with Crippen molar-refractivity contribution in [3.05, 3.63) is 76.7 Å². The number of amides is 1. The first-order chi connectivity index (χ1) is 11.9. The molecule has 1 amide bonds. The molecule has 0 aliphatic carbocycles. The van der Waals surface area contributed by atoms with E-state index in [1.54, 1.807) is 13.0 Å². The maximum atomic E-state index is 13.9. The molecule has 2 rings (SSSR count). The molecule has 0 aromatic heterocycles. The molecule has 2 aromatic rings. The number of anilines is 1. The van der Waals surface area contributed by atoms with Gasteiger partial charge in [-0.1, -0.05) is 68.8 Å². The lowest BCUT2D eigenvalue weighted by atomic mass is 10.2. The second-order valence-corrected chi connectivity index (χ2v) is 5.99. The molecular formula is C20H24ClFN2O. The average Bonchev–Trinajstić information content (AvgIpc) is 2.57. The Hall–Kier alpha value is -2.33. The monoisotopic (exact) mass is 362 g/mol. The van der Waals surface area contributed by atoms with E-state index in [1.807, 2.05) is 30.3 Å². The summed E-state index contributed by atoms with van der Waals surface area (Å²) in [4.78, 5) is 12.0. The van der Waals surface area contributed by atoms with E-state index in [1.165, 1.54) is 12.5 Å². The maximum absolute atomic E-state index is 13.9. The second kappa shape index (κ2) is 10.5. The van der Waals surface area contributed by atoms with Crippen LogP contribution in [-0.2, 0) is 11.3 Å². The lowest BCUT2D eigenvalue weighted by molar-refractivity contribution is -0.117. The Morgan fingerprint density at radius 2 is 1.80 bits per heavy atom. The van der Waals surface area contributed by atoms with Crippen LogP contribution in [0.15, 0.2) is 54.7 Å². The van der Waals surface area contributed by atoms with Crippen LogP contribution >= 0.6 is 11.6 Å². The predicted octanol–water partition coefficient (Wildman–Crippen LogP) is 5.45. The Bertz CT molecular complexity index is 694. The highest BCUT2D eigenvalue weighted by molar-refractivity contribution is 6.30. The van der Waals surface area contributed by atoms with Gasteiger partial charge in [0.2, 0.25) is 0 Å². The summed E-state index contributed by atoms with van der Waals surface area (Å²) in [5.41, 5.74) is 1.84. The van der Waals surface area contributed by atoms with E-state index in [4.69, 9.17) is 11.6 Å². The molecule has 134 valence electrons. The van der Waals surface area contributed by atoms with Gasteiger partial charge in [-0.2, -0.15) is 0 Å². The minimum atomic E-state index is -0.526. The van der Waals surface area contributed by atoms with Crippen LogP contribution in [0.25, 0.3) is 0 Å². The van der Waals surface area contributed by atoms with Gasteiger partial charge in [-0.25, -0.2) is 4.39 Å². The lowest BCUT2D eigenvalue weighted by Gasteiger charge is -2.13. The molecule has 0 radical (unpaired) electrons. The molecule has 5 heteroatoms. The number of rotatable bonds is 5. The Morgan fingerprint density at radius 3 is 2.36 bits per heavy atom. The highest BCUT2D eigenvalue weighted by atomic mass is 35.5. The van der Waals surface area contributed by atoms with Crippen molar-refractivity contribution in [3.8, 4) is 0 Å². The maximum Gasteiger partial charge on any atom is 0.267 e. The van der Waals surface area contributed by atoms with Crippen molar-refractivity contribution in [2.24, 2.45) is 0 Å². The fourth-order valence-electron chi connectivity index (χ4n) is 1.95. The highest BCUT2D eigenvalue weighted by Crippen LogP contribution is 2.25. The summed E-state index contributed by atoms with van der Waals surface area (Å²) in [5, 5.41) is 5.73. The van der Waals surface area contributed by atoms with Gasteiger partial charge in [0.1, 0.15) is 5.82 Å². The average molecular weight is 363 g/mol. The van der Waals surface area contributed by atoms with E-state index in [0.29, 0.717) is 17.1 Å². The molecular weight excluding hydrogens is 339 g/mol. The van der Waals surface area contributed by atoms with Gasteiger partial charge >= 0.3 is 0 Å². The molecule has 0 atom stereocenters. The standard InChI is InChI=1S/C17H16ClFN2O.C3H8/c1-11-8-14(18)9-15(19)16(11)21-12(2)17(22)20-10-13-6-4-3-5-7-13;1-3-2/h3-9,21H,2,10H2,1H3,(H,20,22);3H2,1-2H3. The molecule has 0 unspecified atom stereocenters. The first-order valence-electron chi connectivity index (χ1n) is 8.12. The van der Waals surface area contributed by atoms with Crippen LogP contribution in [0, 0.1) is 12.7 Å². The number of hydrogen-bond acceptors (Lipinski definition) is 2. The SMILES string of the molecule is C=C(Nc1c(C)cc(Cl)cc1F)C(=O)NCc1ccccc1.CCC. The molecule has 0 saturated heterocycles. The minimum absolute atomic E-state index is 0.0697. The fourth-order valence-corrected chi connectivity index (χ4v) is 2.21. The fraction of sp³-hybridized carbons (Fsp3) is 0.250. The Balaban J connectivity index is 0.000000970. The minimum Gasteiger partial charge on any atom is -0.349 e. The van der Waals surface area contributed by atoms with E-state index >= 15 is 0 Å². The van der Waals surface area contributed by atoms with E-state index in [0.717, 1.165) is 5.56 Å². The molecule has 0 fully saturated rings. The van der Waals surface area contributed by atoms with Crippen LogP contribution in [0.3, 0.4) is 0 Å². The zero-order valence-corrected chi connectivity index (χ0v) is 15.6. The molecule has 0 aliphatic rings. The van der Waals surface area contributed by atoms with Crippen molar-refractivity contribution in [1.82, 2.24) is 5.32 Å². The van der Waals surface area contributed by atoms with Gasteiger partial charge in [0, 0.05) is 11.6 Å². The van der Waals surface area contributed by atoms with E-state index < -0.39 is 11.7 Å². The third kappa shape index (κ3) is 6.98. The Morgan fingerprint density at radius 1 is 1.20 bits per heavy atom. The number of benzene rings is 2. The smallest absolute Gasteiger partial charge is 0.267 e. The van der Waals surface area contributed by atoms with Gasteiger partial charge in [-0.05, 0) is 30.2 Å². The van der Waals surface area contributed by atoms with Gasteiger partial charge in [0.25, 0.3) is 5.91 Å². The molecule has 25 heavy (non-hydrogen) atoms. The third-order valence-corrected chi connectivity index (χ3v) is 3.32. The summed E-state index contributed by atoms with van der Waals surface area (Å²) in [5.74, 6) is -0.917. The molecule has 0 bridgehead atoms. The number of halogens is 2. The number of nitrogens with one attached hydrogen (secondary N) is 2. The molecule has 3 nitrogen and oxygen atoms in total. The van der Waals surface area contributed by atoms with E-state index in [9.17, 15) is 9.18 Å². The number of aryl methyl sites for hydroxylation is 1. The normalized spacial score (nSPS) is 9.64. The summed E-state index contributed by atoms with van der Waals surface area (Å²) in [6, 6.07) is 12.3. The Kier molecular flexibility index (Phi) is 8.71. The predicted molar refractivity (Wildman–Crippen MR) is 103 cm³/mol. The zero-order chi connectivity index (χ0) is 18.8. The highest BCUT2D eigenvalue weighted by Gasteiger charge is 2.12. The van der Waals surface area contributed by atoms with Crippen LogP contribution in [0.1, 0.15) is 31.4 Å². The van der Waals surface area contributed by atoms with Gasteiger partial charge < -0.3 is 10.6 Å². The zero-order valence-electron chi connectivity index (χ0n) is 14.8. The largest absolute Gasteiger partial charge is 0.349 e. The lowest BCUT2D eigenvalue weighted by Crippen LogP contribution is -2.27. The third-order valence-electron chi connectivity index (χ3n) is 3.10. The number of carbonyl (C=O) groups is 1. The van der Waals surface area contributed by atoms with Crippen molar-refractivity contribution < 1.29 is 9.18 Å². The van der Waals surface area contributed by atoms with Gasteiger partial charge in [0.15, 0.2) is 0 Å². The van der Waals surface area contributed by atoms with Crippen LogP contribution in [0.5, 0.6) is 0 Å². The summed E-state index contributed by atoms with van der Waals surface area (Å²) in [6.07, 6.45) is 1.25. The first-order valence-corrected chi connectivity index (χ1v) is 8.50. The first kappa shape index (κ1) is 20.7. The van der Waals surface area contributed by atoms with Gasteiger partial charge in [-0.3, -0.25) is 4.79 Å². The molecule has 0 spiro atoms. The van der Waals surface area contributed by atoms with Crippen molar-refractivity contribution >= 4 is 23.2 Å². The molecule has 2 aromatic carbocycles. The van der Waals surface area contributed by atoms with Gasteiger partial charge in [-0.15, -0.1) is 0 Å². The summed E-state index contributed by atoms with van der Waals surface area (Å²) in [6.45, 7) is 9.97. The quantitative estimate of drug-likeness (QED) is 0.695. The van der Waals surface area contributed by atoms with Crippen LogP contribution in [0.2, 0.25) is 5.02 Å². The van der Waals surface area contributed by atoms with Crippen LogP contribution in [0.4, 0.5) is 10.1 Å². The molecule has 0 heterocycles. The van der Waals surface area contributed by atoms with Crippen LogP contribution < -0.4 is 10.6 Å². The number of hydrogen-bond donors (Lipinski definition) is 2. The summed E-state index contributed by atoms with van der Waals surface area (Å²) < 4.78 is 13.9. The summed E-state index contributed by atoms with van der Waals surface area (Å²) in [7, 11) is 0. The van der Waals surface area contributed by atoms with Gasteiger partial charge in [0.05, 0.1) is 11.4 Å². The second-order valence-electron chi connectivity index (χ2n) is 5.56. The molecule has 0 saturated carbocycles. The van der Waals surface area contributed by atoms with Crippen molar-refractivity contribution in [2.75, 3.05) is 5.32 Å². The Labute approximate surface area is 153 Å². The van der Waals surface area contributed by atoms with Crippen molar-refractivity contribution in [2.45, 2.75) is 33.7 Å².